The lowest BCUT2D eigenvalue weighted by atomic mass is 10.0. The van der Waals surface area contributed by atoms with Gasteiger partial charge in [-0.05, 0) is 55.5 Å². The fourth-order valence-electron chi connectivity index (χ4n) is 4.82. The number of carboxylic acid groups (broad SMARTS) is 1. The van der Waals surface area contributed by atoms with Gasteiger partial charge >= 0.3 is 11.7 Å². The van der Waals surface area contributed by atoms with Crippen LogP contribution >= 0.6 is 11.6 Å². The molecule has 0 aliphatic carbocycles. The first kappa shape index (κ1) is 25.8. The zero-order valence-electron chi connectivity index (χ0n) is 20.7. The molecule has 3 heterocycles. The molecule has 12 heteroatoms. The van der Waals surface area contributed by atoms with E-state index in [1.807, 2.05) is 12.1 Å². The number of nitrogens with zero attached hydrogens (tertiary/aromatic N) is 3. The molecular formula is C26H25ClN4O6S. The van der Waals surface area contributed by atoms with Gasteiger partial charge in [0, 0.05) is 12.6 Å². The van der Waals surface area contributed by atoms with Gasteiger partial charge in [-0.2, -0.15) is 0 Å². The predicted octanol–water partition coefficient (Wildman–Crippen LogP) is 4.30. The van der Waals surface area contributed by atoms with Gasteiger partial charge in [-0.3, -0.25) is 4.31 Å². The number of fused-ring (bicyclic) bond motifs is 2. The number of nitrogens with one attached hydrogen (secondary N) is 1. The van der Waals surface area contributed by atoms with Crippen molar-refractivity contribution >= 4 is 44.4 Å². The molecule has 0 bridgehead atoms. The van der Waals surface area contributed by atoms with E-state index in [-0.39, 0.29) is 39.2 Å². The molecule has 2 aromatic heterocycles. The minimum Gasteiger partial charge on any atom is -0.495 e. The van der Waals surface area contributed by atoms with Crippen LogP contribution in [0.5, 0.6) is 5.75 Å². The van der Waals surface area contributed by atoms with Crippen LogP contribution < -0.4 is 14.7 Å². The van der Waals surface area contributed by atoms with E-state index < -0.39 is 21.7 Å². The Morgan fingerprint density at radius 3 is 2.63 bits per heavy atom. The Labute approximate surface area is 223 Å². The van der Waals surface area contributed by atoms with Crippen molar-refractivity contribution in [2.75, 3.05) is 18.0 Å². The molecule has 0 spiro atoms. The van der Waals surface area contributed by atoms with Crippen LogP contribution in [-0.4, -0.2) is 47.7 Å². The van der Waals surface area contributed by atoms with Gasteiger partial charge in [-0.25, -0.2) is 27.6 Å². The van der Waals surface area contributed by atoms with Crippen LogP contribution in [0.25, 0.3) is 16.9 Å². The molecule has 2 aromatic carbocycles. The summed E-state index contributed by atoms with van der Waals surface area (Å²) in [5, 5.41) is 9.52. The van der Waals surface area contributed by atoms with Gasteiger partial charge in [-0.15, -0.1) is 0 Å². The predicted molar refractivity (Wildman–Crippen MR) is 143 cm³/mol. The number of aryl methyl sites for hydroxylation is 2. The first-order chi connectivity index (χ1) is 18.1. The molecule has 38 heavy (non-hydrogen) atoms. The summed E-state index contributed by atoms with van der Waals surface area (Å²) in [6.07, 6.45) is 3.28. The van der Waals surface area contributed by atoms with Gasteiger partial charge in [0.25, 0.3) is 10.0 Å². The zero-order chi connectivity index (χ0) is 27.2. The number of aromatic nitrogens is 3. The number of carbonyl (C=O) groups is 1. The van der Waals surface area contributed by atoms with Crippen LogP contribution in [0.3, 0.4) is 0 Å². The topological polar surface area (TPSA) is 135 Å². The van der Waals surface area contributed by atoms with Crippen molar-refractivity contribution in [3.8, 4) is 11.4 Å². The Morgan fingerprint density at radius 2 is 1.89 bits per heavy atom. The van der Waals surface area contributed by atoms with Crippen LogP contribution in [0.1, 0.15) is 40.9 Å². The average Bonchev–Trinajstić information content (AvgIpc) is 3.20. The van der Waals surface area contributed by atoms with Crippen molar-refractivity contribution in [1.82, 2.24) is 14.5 Å². The summed E-state index contributed by atoms with van der Waals surface area (Å²) in [4.78, 5) is 31.3. The van der Waals surface area contributed by atoms with E-state index in [9.17, 15) is 23.1 Å². The number of aromatic carboxylic acids is 1. The third kappa shape index (κ3) is 4.31. The summed E-state index contributed by atoms with van der Waals surface area (Å²) in [7, 11) is -2.83. The number of para-hydroxylation sites is 1. The summed E-state index contributed by atoms with van der Waals surface area (Å²) in [6, 6.07) is 11.3. The van der Waals surface area contributed by atoms with Crippen LogP contribution in [0.4, 0.5) is 5.69 Å². The SMILES string of the molecule is COc1cc(Cl)c(-n2c(=O)[nH]c3c(C)cc(C(=O)O)nc32)cc1S(=O)(=O)N1CCCCCc2ccccc21. The number of hydrogen-bond donors (Lipinski definition) is 2. The zero-order valence-corrected chi connectivity index (χ0v) is 22.3. The maximum Gasteiger partial charge on any atom is 0.354 e. The second-order valence-corrected chi connectivity index (χ2v) is 11.3. The Kier molecular flexibility index (Phi) is 6.66. The lowest BCUT2D eigenvalue weighted by Gasteiger charge is -2.29. The number of imidazole rings is 1. The van der Waals surface area contributed by atoms with Crippen molar-refractivity contribution in [1.29, 1.82) is 0 Å². The van der Waals surface area contributed by atoms with Crippen molar-refractivity contribution in [2.45, 2.75) is 37.5 Å². The normalized spacial score (nSPS) is 14.1. The van der Waals surface area contributed by atoms with Gasteiger partial charge in [0.05, 0.1) is 29.0 Å². The highest BCUT2D eigenvalue weighted by Gasteiger charge is 2.32. The van der Waals surface area contributed by atoms with Crippen molar-refractivity contribution in [3.63, 3.8) is 0 Å². The molecule has 0 unspecified atom stereocenters. The number of halogens is 1. The Bertz CT molecular complexity index is 1740. The van der Waals surface area contributed by atoms with Gasteiger partial charge < -0.3 is 14.8 Å². The maximum atomic E-state index is 14.2. The lowest BCUT2D eigenvalue weighted by Crippen LogP contribution is -2.34. The van der Waals surface area contributed by atoms with Crippen molar-refractivity contribution in [3.05, 3.63) is 74.8 Å². The number of sulfonamides is 1. The van der Waals surface area contributed by atoms with E-state index in [2.05, 4.69) is 9.97 Å². The third-order valence-electron chi connectivity index (χ3n) is 6.67. The number of rotatable bonds is 5. The lowest BCUT2D eigenvalue weighted by molar-refractivity contribution is 0.0690. The second kappa shape index (κ2) is 9.80. The summed E-state index contributed by atoms with van der Waals surface area (Å²) in [5.41, 5.74) is 1.45. The maximum absolute atomic E-state index is 14.2. The Balaban J connectivity index is 1.75. The highest BCUT2D eigenvalue weighted by molar-refractivity contribution is 7.93. The molecule has 2 N–H and O–H groups in total. The number of methoxy groups -OCH3 is 1. The summed E-state index contributed by atoms with van der Waals surface area (Å²) in [6.45, 7) is 1.91. The van der Waals surface area contributed by atoms with E-state index in [0.717, 1.165) is 29.4 Å². The molecule has 4 aromatic rings. The molecule has 0 radical (unpaired) electrons. The Hall–Kier alpha value is -3.83. The largest absolute Gasteiger partial charge is 0.495 e. The molecule has 10 nitrogen and oxygen atoms in total. The highest BCUT2D eigenvalue weighted by atomic mass is 35.5. The minimum absolute atomic E-state index is 0.0134. The first-order valence-electron chi connectivity index (χ1n) is 12.0. The smallest absolute Gasteiger partial charge is 0.354 e. The summed E-state index contributed by atoms with van der Waals surface area (Å²) < 4.78 is 36.3. The van der Waals surface area contributed by atoms with Crippen LogP contribution in [0, 0.1) is 6.92 Å². The Morgan fingerprint density at radius 1 is 1.13 bits per heavy atom. The number of carboxylic acids is 1. The van der Waals surface area contributed by atoms with E-state index >= 15 is 0 Å². The molecule has 1 aliphatic rings. The van der Waals surface area contributed by atoms with Gasteiger partial charge in [0.2, 0.25) is 0 Å². The van der Waals surface area contributed by atoms with Crippen LogP contribution in [0.15, 0.2) is 52.2 Å². The van der Waals surface area contributed by atoms with E-state index in [4.69, 9.17) is 16.3 Å². The number of aromatic amines is 1. The molecule has 198 valence electrons. The number of H-pyrrole nitrogens is 1. The van der Waals surface area contributed by atoms with Crippen LogP contribution in [0.2, 0.25) is 5.02 Å². The fourth-order valence-corrected chi connectivity index (χ4v) is 6.76. The molecule has 0 amide bonds. The van der Waals surface area contributed by atoms with E-state index in [0.29, 0.717) is 23.2 Å². The number of pyridine rings is 1. The molecule has 0 atom stereocenters. The third-order valence-corrected chi connectivity index (χ3v) is 8.81. The number of hydrogen-bond acceptors (Lipinski definition) is 6. The molecule has 0 saturated carbocycles. The molecule has 1 aliphatic heterocycles. The monoisotopic (exact) mass is 556 g/mol. The number of anilines is 1. The van der Waals surface area contributed by atoms with E-state index in [1.54, 1.807) is 19.1 Å². The summed E-state index contributed by atoms with van der Waals surface area (Å²) in [5.74, 6) is -1.25. The highest BCUT2D eigenvalue weighted by Crippen LogP contribution is 2.38. The second-order valence-electron chi connectivity index (χ2n) is 9.06. The van der Waals surface area contributed by atoms with Gasteiger partial charge in [0.1, 0.15) is 10.6 Å². The molecular weight excluding hydrogens is 532 g/mol. The molecule has 0 fully saturated rings. The standard InChI is InChI=1S/C26H25ClN4O6S/c1-15-12-18(25(32)33)28-24-23(15)29-26(34)31(24)20-14-22(21(37-2)13-17(20)27)38(35,36)30-11-7-3-4-8-16-9-5-6-10-19(16)30/h5-6,9-10,12-14H,3-4,7-8,11H2,1-2H3,(H,29,34)(H,32,33). The van der Waals surface area contributed by atoms with Crippen LogP contribution in [-0.2, 0) is 16.4 Å². The number of benzene rings is 2. The van der Waals surface area contributed by atoms with Crippen molar-refractivity contribution < 1.29 is 23.1 Å². The molecule has 5 rings (SSSR count). The molecule has 0 saturated heterocycles. The quantitative estimate of drug-likeness (QED) is 0.374. The van der Waals surface area contributed by atoms with Gasteiger partial charge in [0.15, 0.2) is 11.3 Å². The fraction of sp³-hybridized carbons (Fsp3) is 0.269. The first-order valence-corrected chi connectivity index (χ1v) is 13.8. The average molecular weight is 557 g/mol. The summed E-state index contributed by atoms with van der Waals surface area (Å²) >= 11 is 6.54. The van der Waals surface area contributed by atoms with Gasteiger partial charge in [-0.1, -0.05) is 36.2 Å². The van der Waals surface area contributed by atoms with Crippen molar-refractivity contribution in [2.24, 2.45) is 0 Å². The van der Waals surface area contributed by atoms with E-state index in [1.165, 1.54) is 29.6 Å². The minimum atomic E-state index is -4.17. The number of ether oxygens (including phenoxy) is 1.